The summed E-state index contributed by atoms with van der Waals surface area (Å²) in [6.45, 7) is 2.87. The van der Waals surface area contributed by atoms with Crippen molar-refractivity contribution in [3.63, 3.8) is 0 Å². The molecule has 0 radical (unpaired) electrons. The Morgan fingerprint density at radius 3 is 2.80 bits per heavy atom. The fourth-order valence-electron chi connectivity index (χ4n) is 2.84. The molecule has 3 N–H and O–H groups in total. The Balaban J connectivity index is 1.47. The Morgan fingerprint density at radius 2 is 2.00 bits per heavy atom. The van der Waals surface area contributed by atoms with Gasteiger partial charge < -0.3 is 9.88 Å². The summed E-state index contributed by atoms with van der Waals surface area (Å²) in [6.07, 6.45) is 3.20. The lowest BCUT2D eigenvalue weighted by atomic mass is 10.1. The first-order valence-electron chi connectivity index (χ1n) is 8.44. The van der Waals surface area contributed by atoms with E-state index in [1.807, 2.05) is 13.0 Å². The van der Waals surface area contributed by atoms with Crippen molar-refractivity contribution in [1.82, 2.24) is 25.4 Å². The first-order valence-corrected chi connectivity index (χ1v) is 8.44. The van der Waals surface area contributed by atoms with Crippen LogP contribution in [0.1, 0.15) is 37.5 Å². The molecule has 2 aromatic rings. The molecule has 8 nitrogen and oxygen atoms in total. The number of anilines is 1. The van der Waals surface area contributed by atoms with Crippen LogP contribution in [0.15, 0.2) is 30.3 Å². The number of carbonyl (C=O) groups is 2. The van der Waals surface area contributed by atoms with Crippen LogP contribution in [-0.2, 0) is 17.8 Å². The van der Waals surface area contributed by atoms with Crippen LogP contribution in [0.4, 0.5) is 10.5 Å². The third kappa shape index (κ3) is 4.42. The topological polar surface area (TPSA) is 101 Å². The number of imide groups is 1. The van der Waals surface area contributed by atoms with E-state index in [4.69, 9.17) is 0 Å². The fourth-order valence-corrected chi connectivity index (χ4v) is 2.84. The summed E-state index contributed by atoms with van der Waals surface area (Å²) in [7, 11) is 0. The van der Waals surface area contributed by atoms with E-state index in [2.05, 4.69) is 30.7 Å². The molecule has 1 atom stereocenters. The molecule has 0 aliphatic carbocycles. The average molecular weight is 342 g/mol. The van der Waals surface area contributed by atoms with E-state index >= 15 is 0 Å². The number of carbonyl (C=O) groups excluding carboxylic acids is 2. The monoisotopic (exact) mass is 342 g/mol. The molecule has 3 amide bonds. The van der Waals surface area contributed by atoms with Crippen LogP contribution < -0.4 is 16.0 Å². The zero-order valence-electron chi connectivity index (χ0n) is 14.2. The highest BCUT2D eigenvalue weighted by Crippen LogP contribution is 2.18. The SMILES string of the molecule is C[C@@H](NCC(=O)NC(=O)Nc1ccccc1)c1nnc2n1CCCC2. The number of fused-ring (bicyclic) bond motifs is 1. The van der Waals surface area contributed by atoms with Crippen LogP contribution in [0.2, 0.25) is 0 Å². The first kappa shape index (κ1) is 17.1. The summed E-state index contributed by atoms with van der Waals surface area (Å²) in [5.74, 6) is 1.43. The maximum Gasteiger partial charge on any atom is 0.325 e. The Morgan fingerprint density at radius 1 is 1.20 bits per heavy atom. The number of hydrogen-bond acceptors (Lipinski definition) is 5. The van der Waals surface area contributed by atoms with Crippen LogP contribution in [0.25, 0.3) is 0 Å². The van der Waals surface area contributed by atoms with Gasteiger partial charge in [-0.15, -0.1) is 10.2 Å². The van der Waals surface area contributed by atoms with Crippen LogP contribution in [0, 0.1) is 0 Å². The molecule has 1 aliphatic rings. The quantitative estimate of drug-likeness (QED) is 0.766. The van der Waals surface area contributed by atoms with E-state index in [-0.39, 0.29) is 12.6 Å². The third-order valence-corrected chi connectivity index (χ3v) is 4.13. The Bertz CT molecular complexity index is 743. The summed E-state index contributed by atoms with van der Waals surface area (Å²) in [6, 6.07) is 8.29. The molecule has 0 fully saturated rings. The molecule has 0 bridgehead atoms. The number of para-hydroxylation sites is 1. The number of benzene rings is 1. The molecule has 25 heavy (non-hydrogen) atoms. The lowest BCUT2D eigenvalue weighted by Crippen LogP contribution is -2.41. The number of nitrogens with zero attached hydrogens (tertiary/aromatic N) is 3. The second-order valence-electron chi connectivity index (χ2n) is 6.05. The van der Waals surface area contributed by atoms with Gasteiger partial charge in [-0.1, -0.05) is 18.2 Å². The van der Waals surface area contributed by atoms with Gasteiger partial charge in [0.15, 0.2) is 0 Å². The lowest BCUT2D eigenvalue weighted by Gasteiger charge is -2.18. The van der Waals surface area contributed by atoms with E-state index in [9.17, 15) is 9.59 Å². The van der Waals surface area contributed by atoms with E-state index in [0.29, 0.717) is 5.69 Å². The molecular formula is C17H22N6O2. The van der Waals surface area contributed by atoms with E-state index in [1.54, 1.807) is 24.3 Å². The van der Waals surface area contributed by atoms with Crippen molar-refractivity contribution in [1.29, 1.82) is 0 Å². The highest BCUT2D eigenvalue weighted by atomic mass is 16.2. The Kier molecular flexibility index (Phi) is 5.39. The molecule has 3 rings (SSSR count). The zero-order valence-corrected chi connectivity index (χ0v) is 14.2. The molecule has 132 valence electrons. The van der Waals surface area contributed by atoms with Gasteiger partial charge in [-0.25, -0.2) is 4.79 Å². The van der Waals surface area contributed by atoms with Crippen LogP contribution >= 0.6 is 0 Å². The summed E-state index contributed by atoms with van der Waals surface area (Å²) >= 11 is 0. The largest absolute Gasteiger partial charge is 0.325 e. The van der Waals surface area contributed by atoms with Gasteiger partial charge in [0.2, 0.25) is 5.91 Å². The number of aryl methyl sites for hydroxylation is 1. The molecular weight excluding hydrogens is 320 g/mol. The van der Waals surface area contributed by atoms with Gasteiger partial charge >= 0.3 is 6.03 Å². The van der Waals surface area contributed by atoms with Crippen molar-refractivity contribution in [2.45, 2.75) is 38.8 Å². The second-order valence-corrected chi connectivity index (χ2v) is 6.05. The molecule has 1 aromatic heterocycles. The van der Waals surface area contributed by atoms with Crippen molar-refractivity contribution in [2.24, 2.45) is 0 Å². The van der Waals surface area contributed by atoms with E-state index in [0.717, 1.165) is 37.5 Å². The molecule has 2 heterocycles. The van der Waals surface area contributed by atoms with E-state index in [1.165, 1.54) is 0 Å². The van der Waals surface area contributed by atoms with Crippen molar-refractivity contribution in [3.8, 4) is 0 Å². The van der Waals surface area contributed by atoms with Gasteiger partial charge in [0.05, 0.1) is 12.6 Å². The van der Waals surface area contributed by atoms with Crippen molar-refractivity contribution in [3.05, 3.63) is 42.0 Å². The standard InChI is InChI=1S/C17H22N6O2/c1-12(16-22-21-14-9-5-6-10-23(14)16)18-11-15(24)20-17(25)19-13-7-3-2-4-8-13/h2-4,7-8,12,18H,5-6,9-11H2,1H3,(H2,19,20,24,25)/t12-/m1/s1. The molecule has 0 spiro atoms. The minimum atomic E-state index is -0.550. The van der Waals surface area contributed by atoms with Gasteiger partial charge in [0, 0.05) is 18.7 Å². The maximum absolute atomic E-state index is 11.9. The van der Waals surface area contributed by atoms with E-state index < -0.39 is 11.9 Å². The summed E-state index contributed by atoms with van der Waals surface area (Å²) in [5, 5.41) is 16.4. The number of hydrogen-bond donors (Lipinski definition) is 3. The number of nitrogens with one attached hydrogen (secondary N) is 3. The van der Waals surface area contributed by atoms with Gasteiger partial charge in [-0.2, -0.15) is 0 Å². The molecule has 0 unspecified atom stereocenters. The average Bonchev–Trinajstić information content (AvgIpc) is 3.04. The van der Waals surface area contributed by atoms with Crippen molar-refractivity contribution >= 4 is 17.6 Å². The van der Waals surface area contributed by atoms with Gasteiger partial charge in [0.1, 0.15) is 11.6 Å². The van der Waals surface area contributed by atoms with Crippen LogP contribution in [-0.4, -0.2) is 33.2 Å². The Labute approximate surface area is 146 Å². The number of amides is 3. The van der Waals surface area contributed by atoms with Gasteiger partial charge in [-0.05, 0) is 31.9 Å². The summed E-state index contributed by atoms with van der Waals surface area (Å²) in [4.78, 5) is 23.7. The maximum atomic E-state index is 11.9. The molecule has 1 aliphatic heterocycles. The predicted molar refractivity (Wildman–Crippen MR) is 93.0 cm³/mol. The number of aromatic nitrogens is 3. The second kappa shape index (κ2) is 7.89. The van der Waals surface area contributed by atoms with Gasteiger partial charge in [0.25, 0.3) is 0 Å². The Hall–Kier alpha value is -2.74. The van der Waals surface area contributed by atoms with Crippen LogP contribution in [0.3, 0.4) is 0 Å². The molecule has 0 saturated carbocycles. The molecule has 8 heteroatoms. The van der Waals surface area contributed by atoms with Crippen LogP contribution in [0.5, 0.6) is 0 Å². The number of rotatable bonds is 5. The third-order valence-electron chi connectivity index (χ3n) is 4.13. The predicted octanol–water partition coefficient (Wildman–Crippen LogP) is 1.61. The lowest BCUT2D eigenvalue weighted by molar-refractivity contribution is -0.119. The summed E-state index contributed by atoms with van der Waals surface area (Å²) < 4.78 is 2.11. The smallest absolute Gasteiger partial charge is 0.314 e. The summed E-state index contributed by atoms with van der Waals surface area (Å²) in [5.41, 5.74) is 0.629. The zero-order chi connectivity index (χ0) is 17.6. The first-order chi connectivity index (χ1) is 12.1. The minimum absolute atomic E-state index is 0.0194. The highest BCUT2D eigenvalue weighted by molar-refractivity contribution is 6.01. The molecule has 0 saturated heterocycles. The molecule has 1 aromatic carbocycles. The normalized spacial score (nSPS) is 14.4. The number of urea groups is 1. The van der Waals surface area contributed by atoms with Gasteiger partial charge in [-0.3, -0.25) is 15.4 Å². The minimum Gasteiger partial charge on any atom is -0.314 e. The van der Waals surface area contributed by atoms with Crippen molar-refractivity contribution in [2.75, 3.05) is 11.9 Å². The van der Waals surface area contributed by atoms with Crippen molar-refractivity contribution < 1.29 is 9.59 Å². The highest BCUT2D eigenvalue weighted by Gasteiger charge is 2.20. The fraction of sp³-hybridized carbons (Fsp3) is 0.412.